The molecule has 2 aliphatic heterocycles. The van der Waals surface area contributed by atoms with Crippen molar-refractivity contribution in [3.63, 3.8) is 0 Å². The highest BCUT2D eigenvalue weighted by Gasteiger charge is 2.23. The summed E-state index contributed by atoms with van der Waals surface area (Å²) in [6.45, 7) is 5.98. The highest BCUT2D eigenvalue weighted by molar-refractivity contribution is 5.95. The van der Waals surface area contributed by atoms with E-state index < -0.39 is 0 Å². The molecule has 0 N–H and O–H groups in total. The van der Waals surface area contributed by atoms with Crippen molar-refractivity contribution in [3.8, 4) is 0 Å². The first kappa shape index (κ1) is 18.3. The van der Waals surface area contributed by atoms with Crippen LogP contribution in [0, 0.1) is 0 Å². The zero-order valence-electron chi connectivity index (χ0n) is 15.9. The molecule has 0 atom stereocenters. The van der Waals surface area contributed by atoms with Gasteiger partial charge in [-0.15, -0.1) is 0 Å². The van der Waals surface area contributed by atoms with E-state index in [1.54, 1.807) is 16.0 Å². The highest BCUT2D eigenvalue weighted by atomic mass is 16.2. The van der Waals surface area contributed by atoms with Gasteiger partial charge in [-0.2, -0.15) is 0 Å². The number of piperazine rings is 2. The van der Waals surface area contributed by atoms with Gasteiger partial charge in [-0.3, -0.25) is 14.6 Å². The lowest BCUT2D eigenvalue weighted by molar-refractivity contribution is -0.119. The molecule has 0 bridgehead atoms. The van der Waals surface area contributed by atoms with E-state index in [4.69, 9.17) is 0 Å². The van der Waals surface area contributed by atoms with Crippen LogP contribution in [0.15, 0.2) is 48.8 Å². The predicted molar refractivity (Wildman–Crippen MR) is 109 cm³/mol. The maximum Gasteiger partial charge on any atom is 0.255 e. The van der Waals surface area contributed by atoms with Crippen LogP contribution >= 0.6 is 0 Å². The Balaban J connectivity index is 1.39. The summed E-state index contributed by atoms with van der Waals surface area (Å²) in [6, 6.07) is 12.4. The third-order valence-corrected chi connectivity index (χ3v) is 5.49. The fourth-order valence-corrected chi connectivity index (χ4v) is 3.79. The third-order valence-electron chi connectivity index (χ3n) is 5.49. The fraction of sp³-hybridized carbons (Fsp3) is 0.381. The van der Waals surface area contributed by atoms with E-state index in [1.807, 2.05) is 18.3 Å². The second kappa shape index (κ2) is 8.29. The molecule has 2 amide bonds. The molecule has 7 heteroatoms. The number of anilines is 2. The molecule has 2 fully saturated rings. The van der Waals surface area contributed by atoms with Crippen LogP contribution < -0.4 is 9.80 Å². The van der Waals surface area contributed by atoms with Crippen molar-refractivity contribution >= 4 is 23.7 Å². The van der Waals surface area contributed by atoms with Gasteiger partial charge in [-0.05, 0) is 18.2 Å². The molecular formula is C21H25N5O2. The van der Waals surface area contributed by atoms with Crippen LogP contribution in [0.2, 0.25) is 0 Å². The lowest BCUT2D eigenvalue weighted by Gasteiger charge is -2.37. The van der Waals surface area contributed by atoms with Gasteiger partial charge in [0.25, 0.3) is 5.91 Å². The lowest BCUT2D eigenvalue weighted by Crippen LogP contribution is -2.48. The number of carbonyl (C=O) groups excluding carboxylic acids is 2. The number of aromatic nitrogens is 1. The summed E-state index contributed by atoms with van der Waals surface area (Å²) in [7, 11) is 0. The number of pyridine rings is 1. The Labute approximate surface area is 165 Å². The summed E-state index contributed by atoms with van der Waals surface area (Å²) >= 11 is 0. The summed E-state index contributed by atoms with van der Waals surface area (Å²) in [5, 5.41) is 0. The molecule has 0 spiro atoms. The van der Waals surface area contributed by atoms with Crippen LogP contribution in [0.3, 0.4) is 0 Å². The zero-order chi connectivity index (χ0) is 19.3. The Morgan fingerprint density at radius 3 is 2.11 bits per heavy atom. The number of benzene rings is 1. The summed E-state index contributed by atoms with van der Waals surface area (Å²) in [6.07, 6.45) is 4.32. The van der Waals surface area contributed by atoms with Gasteiger partial charge < -0.3 is 19.6 Å². The van der Waals surface area contributed by atoms with E-state index in [-0.39, 0.29) is 5.91 Å². The number of hydrogen-bond acceptors (Lipinski definition) is 5. The summed E-state index contributed by atoms with van der Waals surface area (Å²) in [4.78, 5) is 36.1. The number of nitrogens with zero attached hydrogens (tertiary/aromatic N) is 5. The number of hydrogen-bond donors (Lipinski definition) is 0. The Bertz CT molecular complexity index is 813. The average molecular weight is 379 g/mol. The smallest absolute Gasteiger partial charge is 0.255 e. The maximum absolute atomic E-state index is 12.8. The SMILES string of the molecule is O=CN1CCN(C(=O)c2cncc(N3CCN(c4ccccc4)CC3)c2)CC1. The highest BCUT2D eigenvalue weighted by Crippen LogP contribution is 2.21. The monoisotopic (exact) mass is 379 g/mol. The third kappa shape index (κ3) is 3.93. The number of carbonyl (C=O) groups is 2. The number of para-hydroxylation sites is 1. The maximum atomic E-state index is 12.8. The molecule has 7 nitrogen and oxygen atoms in total. The number of rotatable bonds is 4. The second-order valence-electron chi connectivity index (χ2n) is 7.18. The van der Waals surface area contributed by atoms with Crippen LogP contribution in [0.4, 0.5) is 11.4 Å². The second-order valence-corrected chi connectivity index (χ2v) is 7.18. The molecule has 0 saturated carbocycles. The first-order chi connectivity index (χ1) is 13.7. The molecule has 3 heterocycles. The summed E-state index contributed by atoms with van der Waals surface area (Å²) in [5.41, 5.74) is 2.85. The van der Waals surface area contributed by atoms with E-state index in [0.717, 1.165) is 38.3 Å². The van der Waals surface area contributed by atoms with Crippen molar-refractivity contribution < 1.29 is 9.59 Å². The molecule has 0 unspecified atom stereocenters. The van der Waals surface area contributed by atoms with Crippen molar-refractivity contribution in [1.29, 1.82) is 0 Å². The average Bonchev–Trinajstić information content (AvgIpc) is 2.79. The van der Waals surface area contributed by atoms with E-state index in [0.29, 0.717) is 31.7 Å². The Morgan fingerprint density at radius 1 is 0.821 bits per heavy atom. The van der Waals surface area contributed by atoms with Crippen LogP contribution in [0.5, 0.6) is 0 Å². The Kier molecular flexibility index (Phi) is 5.41. The van der Waals surface area contributed by atoms with Gasteiger partial charge in [0.05, 0.1) is 17.4 Å². The van der Waals surface area contributed by atoms with Crippen molar-refractivity contribution in [2.24, 2.45) is 0 Å². The van der Waals surface area contributed by atoms with Gasteiger partial charge in [0.2, 0.25) is 6.41 Å². The van der Waals surface area contributed by atoms with Gasteiger partial charge in [-0.1, -0.05) is 18.2 Å². The predicted octanol–water partition coefficient (Wildman–Crippen LogP) is 1.32. The minimum absolute atomic E-state index is 0.0113. The van der Waals surface area contributed by atoms with E-state index in [9.17, 15) is 9.59 Å². The van der Waals surface area contributed by atoms with Gasteiger partial charge in [0, 0.05) is 64.2 Å². The Morgan fingerprint density at radius 2 is 1.46 bits per heavy atom. The molecule has 4 rings (SSSR count). The summed E-state index contributed by atoms with van der Waals surface area (Å²) in [5.74, 6) is -0.0113. The van der Waals surface area contributed by atoms with E-state index in [1.165, 1.54) is 5.69 Å². The molecule has 2 saturated heterocycles. The molecule has 28 heavy (non-hydrogen) atoms. The molecule has 1 aromatic heterocycles. The van der Waals surface area contributed by atoms with Crippen molar-refractivity contribution in [2.45, 2.75) is 0 Å². The first-order valence-corrected chi connectivity index (χ1v) is 9.73. The van der Waals surface area contributed by atoms with E-state index in [2.05, 4.69) is 39.0 Å². The van der Waals surface area contributed by atoms with Gasteiger partial charge >= 0.3 is 0 Å². The van der Waals surface area contributed by atoms with Gasteiger partial charge in [-0.25, -0.2) is 0 Å². The standard InChI is InChI=1S/C21H25N5O2/c27-17-23-6-8-26(9-7-23)21(28)18-14-20(16-22-15-18)25-12-10-24(11-13-25)19-4-2-1-3-5-19/h1-5,14-17H,6-13H2. The Hall–Kier alpha value is -3.09. The van der Waals surface area contributed by atoms with Crippen LogP contribution in [0.1, 0.15) is 10.4 Å². The van der Waals surface area contributed by atoms with Crippen molar-refractivity contribution in [1.82, 2.24) is 14.8 Å². The molecule has 2 aromatic rings. The quantitative estimate of drug-likeness (QED) is 0.750. The van der Waals surface area contributed by atoms with Gasteiger partial charge in [0.15, 0.2) is 0 Å². The number of amides is 2. The topological polar surface area (TPSA) is 60.0 Å². The van der Waals surface area contributed by atoms with Crippen molar-refractivity contribution in [2.75, 3.05) is 62.2 Å². The van der Waals surface area contributed by atoms with Crippen LogP contribution in [-0.4, -0.2) is 79.5 Å². The molecule has 146 valence electrons. The van der Waals surface area contributed by atoms with Gasteiger partial charge in [0.1, 0.15) is 0 Å². The fourth-order valence-electron chi connectivity index (χ4n) is 3.79. The first-order valence-electron chi connectivity index (χ1n) is 9.73. The molecule has 1 aromatic carbocycles. The van der Waals surface area contributed by atoms with Crippen LogP contribution in [-0.2, 0) is 4.79 Å². The van der Waals surface area contributed by atoms with Crippen LogP contribution in [0.25, 0.3) is 0 Å². The van der Waals surface area contributed by atoms with E-state index >= 15 is 0 Å². The molecule has 0 radical (unpaired) electrons. The molecule has 2 aliphatic rings. The lowest BCUT2D eigenvalue weighted by atomic mass is 10.2. The normalized spacial score (nSPS) is 17.6. The zero-order valence-corrected chi connectivity index (χ0v) is 15.9. The largest absolute Gasteiger partial charge is 0.368 e. The molecular weight excluding hydrogens is 354 g/mol. The minimum Gasteiger partial charge on any atom is -0.368 e. The summed E-state index contributed by atoms with van der Waals surface area (Å²) < 4.78 is 0. The minimum atomic E-state index is -0.0113. The molecule has 0 aliphatic carbocycles. The van der Waals surface area contributed by atoms with Crippen molar-refractivity contribution in [3.05, 3.63) is 54.4 Å².